The van der Waals surface area contributed by atoms with Crippen molar-refractivity contribution in [3.05, 3.63) is 179 Å². The molecule has 0 amide bonds. The summed E-state index contributed by atoms with van der Waals surface area (Å²) in [6, 6.07) is 8.42. The van der Waals surface area contributed by atoms with E-state index in [-0.39, 0.29) is 121 Å². The molecule has 0 aromatic carbocycles. The largest absolute Gasteiger partial charge is 0.396 e. The number of carbonyl (C=O) groups is 4. The number of aliphatic hydroxyl groups is 3. The molecular weight excluding hydrogens is 1810 g/mol. The van der Waals surface area contributed by atoms with Gasteiger partial charge in [-0.25, -0.2) is 50.1 Å². The van der Waals surface area contributed by atoms with Gasteiger partial charge in [0.25, 0.3) is 0 Å². The van der Waals surface area contributed by atoms with Gasteiger partial charge in [-0.2, -0.15) is 16.8 Å². The first-order valence-corrected chi connectivity index (χ1v) is 51.0. The number of thiophene rings is 4. The fraction of sp³-hybridized carbons (Fsp3) is 0.576. The van der Waals surface area contributed by atoms with Gasteiger partial charge in [-0.15, -0.1) is 45.3 Å². The van der Waals surface area contributed by atoms with Crippen molar-refractivity contribution in [1.29, 1.82) is 0 Å². The van der Waals surface area contributed by atoms with Crippen LogP contribution < -0.4 is 31.5 Å². The van der Waals surface area contributed by atoms with E-state index in [0.717, 1.165) is 79.4 Å². The number of nitrogens with zero attached hydrogens (tertiary/aromatic N) is 8. The third kappa shape index (κ3) is 29.0. The summed E-state index contributed by atoms with van der Waals surface area (Å²) in [7, 11) is -8.02. The van der Waals surface area contributed by atoms with E-state index < -0.39 is 26.7 Å². The second-order valence-corrected chi connectivity index (χ2v) is 41.9. The molecule has 0 radical (unpaired) electrons. The molecule has 8 aliphatic rings. The summed E-state index contributed by atoms with van der Waals surface area (Å²) in [6.07, 6.45) is 48.5. The smallest absolute Gasteiger partial charge is 0.333 e. The molecule has 0 spiro atoms. The summed E-state index contributed by atoms with van der Waals surface area (Å²) in [6.45, 7) is 6.71. The van der Waals surface area contributed by atoms with Gasteiger partial charge in [0.1, 0.15) is 48.6 Å². The summed E-state index contributed by atoms with van der Waals surface area (Å²) >= 11 is 5.96. The molecule has 12 atom stereocenters. The van der Waals surface area contributed by atoms with Crippen LogP contribution in [0.15, 0.2) is 108 Å². The number of nitrogens with one attached hydrogen (secondary N) is 4. The number of aliphatic hydroxyl groups excluding tert-OH is 3. The molecule has 8 aromatic rings. The van der Waals surface area contributed by atoms with Crippen LogP contribution in [0.3, 0.4) is 0 Å². The summed E-state index contributed by atoms with van der Waals surface area (Å²) in [5, 5.41) is 61.1. The van der Waals surface area contributed by atoms with Crippen molar-refractivity contribution in [2.24, 2.45) is 69.5 Å². The zero-order valence-corrected chi connectivity index (χ0v) is 79.1. The van der Waals surface area contributed by atoms with Crippen molar-refractivity contribution in [2.45, 2.75) is 250 Å². The number of hydrogen-bond acceptors (Lipinski definition) is 29. The normalized spacial score (nSPS) is 24.0. The Balaban J connectivity index is 0.000000175. The van der Waals surface area contributed by atoms with E-state index in [1.807, 2.05) is 18.2 Å². The van der Waals surface area contributed by atoms with Crippen LogP contribution in [-0.2, 0) is 75.1 Å². The molecule has 34 heteroatoms. The molecule has 16 rings (SSSR count). The maximum absolute atomic E-state index is 13.3. The number of nitrogens with two attached hydrogens (primary N) is 2. The summed E-state index contributed by atoms with van der Waals surface area (Å²) in [5.41, 5.74) is 8.34. The van der Waals surface area contributed by atoms with Gasteiger partial charge in [-0.05, 0) is 224 Å². The summed E-state index contributed by atoms with van der Waals surface area (Å²) in [4.78, 5) is 89.4. The minimum atomic E-state index is -4.06. The molecule has 0 bridgehead atoms. The minimum Gasteiger partial charge on any atom is -0.396 e. The standard InChI is InChI=1S/C23H32N4O4S2.C23H31N3O2S.C23H29N3O2S.C22H30N4O5S2.CH3.Pd.H2/c1-15-7-19(10-18(15)12-31-33(24,29)30)27-23-20(11-25-14-26-23)22(28)21-9-17(13-32-21)8-16-5-3-2-4-6-16;2*1-15-7-19(10-18(15)12-27)26-23-20(11-24-14-25-23)22(28)21-9-17(13-29-21)8-16-5-3-2-4-6-16;23-33(29,30)31-11-16-8-17(9-19(16)27)26-22-18(10-24-13-25-22)21(28)20-7-15(12-32-20)6-14-4-2-1-3-5-14;;;/h9,11,13-16,18-19H,2-8,10,12H2,1H3,(H2,24,29,30)(H,25,26,27);9,11,13-16,18-19,27H,2-8,10,12H2,1H3,(H,24,25,26);5,9,11,13-15,18-19,27H,2-4,6-8,10,12H2,1H3,(H,24,25,26);7,10,12-14,16-17,19,27H,1-6,8-9,11H2,(H2,23,29,30)(H,24,25,26);1H3;;1H/q;;;;-1;;/t3*15-,18+,19-;16-,17-,19+;;;/m0001.../s1. The number of anilines is 4. The number of ketones is 4. The van der Waals surface area contributed by atoms with E-state index in [4.69, 9.17) is 14.5 Å². The molecule has 11 N–H and O–H groups in total. The molecule has 7 saturated carbocycles. The molecule has 7 fully saturated rings. The second kappa shape index (κ2) is 48.2. The Kier molecular flexibility index (Phi) is 38.1. The Bertz CT molecular complexity index is 4950. The molecule has 8 heterocycles. The number of carbonyl (C=O) groups excluding carboxylic acids is 4. The predicted molar refractivity (Wildman–Crippen MR) is 495 cm³/mol. The molecule has 8 aromatic heterocycles. The maximum Gasteiger partial charge on any atom is 0.333 e. The van der Waals surface area contributed by atoms with Gasteiger partial charge in [0.15, 0.2) is 0 Å². The monoisotopic (exact) mass is 1930 g/mol. The molecule has 0 saturated heterocycles. The third-order valence-corrected chi connectivity index (χ3v) is 31.3. The first-order chi connectivity index (χ1) is 59.8. The molecule has 27 nitrogen and oxygen atoms in total. The van der Waals surface area contributed by atoms with Crippen LogP contribution in [0.2, 0.25) is 0 Å². The molecule has 8 aliphatic carbocycles. The van der Waals surface area contributed by atoms with Crippen LogP contribution >= 0.6 is 45.3 Å². The van der Waals surface area contributed by atoms with Gasteiger partial charge >= 0.3 is 20.6 Å². The van der Waals surface area contributed by atoms with E-state index in [0.29, 0.717) is 104 Å². The van der Waals surface area contributed by atoms with E-state index in [2.05, 4.69) is 120 Å². The van der Waals surface area contributed by atoms with Gasteiger partial charge in [0.2, 0.25) is 23.1 Å². The number of aromatic nitrogens is 8. The summed E-state index contributed by atoms with van der Waals surface area (Å²) in [5.74, 6) is 5.58. The van der Waals surface area contributed by atoms with Crippen molar-refractivity contribution in [3.63, 3.8) is 0 Å². The first kappa shape index (κ1) is 99.6. The fourth-order valence-corrected chi connectivity index (χ4v) is 23.7. The van der Waals surface area contributed by atoms with Crippen LogP contribution in [0, 0.1) is 66.6 Å². The SMILES string of the molecule is C[C@H]1C[C@H](Nc2ncncc2C(=O)c2cc(CC3=CCCCC3)cs2)C[C@@H]1CO.C[C@H]1C[C@H](Nc2ncncc2C(=O)c2cc(CC3CCCCC3)cs2)C[C@@H]1CO.C[C@H]1C[C@H](Nc2ncncc2C(=O)c2cc(CC3CCCCC3)cs2)C[C@@H]1COS(N)(=O)=O.NS(=O)(=O)OC[C@H]1C[C@@H](Nc2ncncc2C(=O)c2cc(CC3CCCCC3)cs2)C[C@@H]1O.[CH3-].[HH].[Pd]. The Morgan fingerprint density at radius 2 is 0.746 bits per heavy atom. The van der Waals surface area contributed by atoms with E-state index in [1.54, 1.807) is 18.6 Å². The van der Waals surface area contributed by atoms with Crippen LogP contribution in [0.1, 0.15) is 279 Å². The van der Waals surface area contributed by atoms with E-state index in [9.17, 15) is 51.3 Å². The van der Waals surface area contributed by atoms with Crippen LogP contribution in [0.25, 0.3) is 0 Å². The Hall–Kier alpha value is -6.98. The zero-order chi connectivity index (χ0) is 87.3. The first-order valence-electron chi connectivity index (χ1n) is 44.5. The molecule has 0 aliphatic heterocycles. The van der Waals surface area contributed by atoms with Gasteiger partial charge in [-0.3, -0.25) is 27.5 Å². The fourth-order valence-electron chi connectivity index (χ4n) is 19.5. The van der Waals surface area contributed by atoms with Crippen molar-refractivity contribution in [3.8, 4) is 0 Å². The minimum absolute atomic E-state index is 0. The third-order valence-electron chi connectivity index (χ3n) is 26.4. The molecule has 126 heavy (non-hydrogen) atoms. The average molecular weight is 1940 g/mol. The van der Waals surface area contributed by atoms with Gasteiger partial charge in [0.05, 0.1) is 61.1 Å². The topological polar surface area (TPSA) is 419 Å². The Morgan fingerprint density at radius 3 is 1.07 bits per heavy atom. The average Bonchev–Trinajstić information content (AvgIpc) is 1.75. The Labute approximate surface area is 774 Å². The van der Waals surface area contributed by atoms with Crippen molar-refractivity contribution in [2.75, 3.05) is 47.7 Å². The van der Waals surface area contributed by atoms with Gasteiger partial charge in [0, 0.05) is 89.9 Å². The Morgan fingerprint density at radius 1 is 0.437 bits per heavy atom. The van der Waals surface area contributed by atoms with Crippen molar-refractivity contribution < 1.29 is 81.5 Å². The number of hydrogen-bond donors (Lipinski definition) is 9. The molecule has 690 valence electrons. The number of allylic oxidation sites excluding steroid dienone is 2. The van der Waals surface area contributed by atoms with Crippen LogP contribution in [0.4, 0.5) is 23.3 Å². The predicted octanol–water partition coefficient (Wildman–Crippen LogP) is 16.6. The molecule has 0 unspecified atom stereocenters. The summed E-state index contributed by atoms with van der Waals surface area (Å²) < 4.78 is 53.8. The quantitative estimate of drug-likeness (QED) is 0.00818. The second-order valence-electron chi connectivity index (χ2n) is 35.9. The van der Waals surface area contributed by atoms with E-state index in [1.165, 1.54) is 227 Å². The van der Waals surface area contributed by atoms with Crippen LogP contribution in [-0.4, -0.2) is 152 Å². The van der Waals surface area contributed by atoms with Crippen LogP contribution in [0.5, 0.6) is 0 Å². The maximum atomic E-state index is 13.3. The number of rotatable bonds is 32. The van der Waals surface area contributed by atoms with Crippen molar-refractivity contribution >= 4 is 112 Å². The van der Waals surface area contributed by atoms with Gasteiger partial charge in [-0.1, -0.05) is 129 Å². The van der Waals surface area contributed by atoms with Gasteiger partial charge < -0.3 is 44.0 Å². The molecular formula is C92H127N14O13PdS6-. The zero-order valence-electron chi connectivity index (χ0n) is 72.6. The van der Waals surface area contributed by atoms with Crippen molar-refractivity contribution in [1.82, 2.24) is 39.9 Å². The van der Waals surface area contributed by atoms with E-state index >= 15 is 0 Å².